The Morgan fingerprint density at radius 3 is 2.54 bits per heavy atom. The standard InChI is InChI=1S/C17H20N4O4S/c1-11-10-12(2)19-16(18-11)20-17(22)21-26(23,24)15-8-4-3-6-13(15)14-7-5-9-25-14/h3-4,6,8,10,14H,5,7,9H2,1-2H3,(H2,18,19,20,21,22). The van der Waals surface area contributed by atoms with E-state index in [0.717, 1.165) is 12.8 Å². The van der Waals surface area contributed by atoms with Crippen LogP contribution in [-0.4, -0.2) is 31.0 Å². The van der Waals surface area contributed by atoms with E-state index in [-0.39, 0.29) is 16.9 Å². The van der Waals surface area contributed by atoms with Gasteiger partial charge in [0.05, 0.1) is 11.0 Å². The minimum atomic E-state index is -4.07. The number of nitrogens with one attached hydrogen (secondary N) is 2. The molecule has 0 saturated carbocycles. The van der Waals surface area contributed by atoms with E-state index in [1.807, 2.05) is 4.72 Å². The molecule has 1 saturated heterocycles. The molecule has 1 aromatic heterocycles. The lowest BCUT2D eigenvalue weighted by Crippen LogP contribution is -2.35. The summed E-state index contributed by atoms with van der Waals surface area (Å²) in [4.78, 5) is 20.3. The molecule has 9 heteroatoms. The highest BCUT2D eigenvalue weighted by Gasteiger charge is 2.27. The van der Waals surface area contributed by atoms with Crippen molar-refractivity contribution in [2.45, 2.75) is 37.7 Å². The van der Waals surface area contributed by atoms with Crippen molar-refractivity contribution in [3.05, 3.63) is 47.3 Å². The van der Waals surface area contributed by atoms with E-state index < -0.39 is 16.1 Å². The van der Waals surface area contributed by atoms with Gasteiger partial charge in [0.15, 0.2) is 0 Å². The fourth-order valence-corrected chi connectivity index (χ4v) is 4.07. The third-order valence-corrected chi connectivity index (χ3v) is 5.32. The Morgan fingerprint density at radius 1 is 1.19 bits per heavy atom. The Balaban J connectivity index is 1.79. The first-order chi connectivity index (χ1) is 12.3. The monoisotopic (exact) mass is 376 g/mol. The molecule has 0 aliphatic carbocycles. The van der Waals surface area contributed by atoms with Crippen LogP contribution in [0.1, 0.15) is 35.9 Å². The molecule has 26 heavy (non-hydrogen) atoms. The molecule has 1 aromatic carbocycles. The van der Waals surface area contributed by atoms with Gasteiger partial charge in [-0.15, -0.1) is 0 Å². The number of hydrogen-bond acceptors (Lipinski definition) is 6. The maximum atomic E-state index is 12.7. The summed E-state index contributed by atoms with van der Waals surface area (Å²) in [6.07, 6.45) is 1.33. The first kappa shape index (κ1) is 18.3. The lowest BCUT2D eigenvalue weighted by Gasteiger charge is -2.16. The van der Waals surface area contributed by atoms with Crippen LogP contribution >= 0.6 is 0 Å². The molecule has 0 bridgehead atoms. The van der Waals surface area contributed by atoms with E-state index in [1.54, 1.807) is 38.1 Å². The van der Waals surface area contributed by atoms with Gasteiger partial charge < -0.3 is 4.74 Å². The van der Waals surface area contributed by atoms with Crippen LogP contribution < -0.4 is 10.0 Å². The summed E-state index contributed by atoms with van der Waals surface area (Å²) < 4.78 is 33.0. The molecule has 0 spiro atoms. The molecule has 1 aliphatic heterocycles. The van der Waals surface area contributed by atoms with Gasteiger partial charge in [-0.2, -0.15) is 0 Å². The van der Waals surface area contributed by atoms with Gasteiger partial charge in [-0.3, -0.25) is 5.32 Å². The Bertz CT molecular complexity index is 904. The smallest absolute Gasteiger partial charge is 0.335 e. The summed E-state index contributed by atoms with van der Waals surface area (Å²) in [6.45, 7) is 4.11. The third-order valence-electron chi connectivity index (χ3n) is 3.92. The zero-order chi connectivity index (χ0) is 18.7. The number of nitrogens with zero attached hydrogens (tertiary/aromatic N) is 2. The highest BCUT2D eigenvalue weighted by molar-refractivity contribution is 7.90. The molecular weight excluding hydrogens is 356 g/mol. The van der Waals surface area contributed by atoms with Gasteiger partial charge in [-0.25, -0.2) is 27.9 Å². The quantitative estimate of drug-likeness (QED) is 0.848. The zero-order valence-corrected chi connectivity index (χ0v) is 15.3. The number of carbonyl (C=O) groups excluding carboxylic acids is 1. The number of anilines is 1. The van der Waals surface area contributed by atoms with Gasteiger partial charge in [0.1, 0.15) is 0 Å². The Kier molecular flexibility index (Phi) is 5.19. The van der Waals surface area contributed by atoms with Crippen molar-refractivity contribution < 1.29 is 17.9 Å². The molecule has 0 radical (unpaired) electrons. The highest BCUT2D eigenvalue weighted by Crippen LogP contribution is 2.32. The molecule has 1 unspecified atom stereocenters. The molecule has 138 valence electrons. The van der Waals surface area contributed by atoms with Crippen LogP contribution in [0.2, 0.25) is 0 Å². The topological polar surface area (TPSA) is 110 Å². The van der Waals surface area contributed by atoms with Crippen molar-refractivity contribution in [1.82, 2.24) is 14.7 Å². The highest BCUT2D eigenvalue weighted by atomic mass is 32.2. The maximum absolute atomic E-state index is 12.7. The average molecular weight is 376 g/mol. The second-order valence-electron chi connectivity index (χ2n) is 6.07. The second-order valence-corrected chi connectivity index (χ2v) is 7.72. The van der Waals surface area contributed by atoms with E-state index in [9.17, 15) is 13.2 Å². The van der Waals surface area contributed by atoms with E-state index in [2.05, 4.69) is 15.3 Å². The lowest BCUT2D eigenvalue weighted by molar-refractivity contribution is 0.110. The molecule has 2 amide bonds. The van der Waals surface area contributed by atoms with Crippen molar-refractivity contribution in [3.63, 3.8) is 0 Å². The van der Waals surface area contributed by atoms with Gasteiger partial charge in [0.25, 0.3) is 10.0 Å². The number of aryl methyl sites for hydroxylation is 2. The number of benzene rings is 1. The molecule has 3 rings (SSSR count). The SMILES string of the molecule is Cc1cc(C)nc(NC(=O)NS(=O)(=O)c2ccccc2C2CCCO2)n1. The number of sulfonamides is 1. The fourth-order valence-electron chi connectivity index (χ4n) is 2.90. The Hall–Kier alpha value is -2.52. The predicted octanol–water partition coefficient (Wildman–Crippen LogP) is 2.46. The van der Waals surface area contributed by atoms with Crippen molar-refractivity contribution in [3.8, 4) is 0 Å². The molecule has 1 fully saturated rings. The molecule has 2 heterocycles. The van der Waals surface area contributed by atoms with Crippen LogP contribution in [-0.2, 0) is 14.8 Å². The maximum Gasteiger partial charge on any atom is 0.335 e. The molecule has 2 N–H and O–H groups in total. The van der Waals surface area contributed by atoms with Crippen LogP contribution in [0.25, 0.3) is 0 Å². The second kappa shape index (κ2) is 7.38. The largest absolute Gasteiger partial charge is 0.373 e. The summed E-state index contributed by atoms with van der Waals surface area (Å²) >= 11 is 0. The Morgan fingerprint density at radius 2 is 1.88 bits per heavy atom. The fraction of sp³-hybridized carbons (Fsp3) is 0.353. The van der Waals surface area contributed by atoms with Gasteiger partial charge in [-0.05, 0) is 38.8 Å². The molecule has 1 atom stereocenters. The van der Waals surface area contributed by atoms with E-state index in [0.29, 0.717) is 23.6 Å². The van der Waals surface area contributed by atoms with E-state index in [4.69, 9.17) is 4.74 Å². The predicted molar refractivity (Wildman–Crippen MR) is 95.2 cm³/mol. The lowest BCUT2D eigenvalue weighted by atomic mass is 10.1. The zero-order valence-electron chi connectivity index (χ0n) is 14.5. The number of ether oxygens (including phenoxy) is 1. The summed E-state index contributed by atoms with van der Waals surface area (Å²) in [6, 6.07) is 7.35. The van der Waals surface area contributed by atoms with Crippen molar-refractivity contribution in [2.75, 3.05) is 11.9 Å². The molecular formula is C17H20N4O4S. The number of carbonyl (C=O) groups is 1. The van der Waals surface area contributed by atoms with Crippen LogP contribution in [0.5, 0.6) is 0 Å². The van der Waals surface area contributed by atoms with Gasteiger partial charge in [-0.1, -0.05) is 18.2 Å². The van der Waals surface area contributed by atoms with Gasteiger partial charge in [0.2, 0.25) is 5.95 Å². The number of urea groups is 1. The number of aromatic nitrogens is 2. The molecule has 1 aliphatic rings. The molecule has 2 aromatic rings. The average Bonchev–Trinajstić information content (AvgIpc) is 3.07. The van der Waals surface area contributed by atoms with Crippen LogP contribution in [0, 0.1) is 13.8 Å². The third kappa shape index (κ3) is 4.17. The van der Waals surface area contributed by atoms with E-state index >= 15 is 0 Å². The van der Waals surface area contributed by atoms with Crippen LogP contribution in [0.3, 0.4) is 0 Å². The summed E-state index contributed by atoms with van der Waals surface area (Å²) in [5.41, 5.74) is 1.88. The molecule has 8 nitrogen and oxygen atoms in total. The number of rotatable bonds is 4. The van der Waals surface area contributed by atoms with Gasteiger partial charge >= 0.3 is 6.03 Å². The minimum absolute atomic E-state index is 0.0309. The number of amides is 2. The first-order valence-electron chi connectivity index (χ1n) is 8.22. The summed E-state index contributed by atoms with van der Waals surface area (Å²) in [7, 11) is -4.07. The normalized spacial score (nSPS) is 17.1. The van der Waals surface area contributed by atoms with Crippen LogP contribution in [0.4, 0.5) is 10.7 Å². The van der Waals surface area contributed by atoms with Gasteiger partial charge in [0, 0.05) is 23.6 Å². The number of hydrogen-bond donors (Lipinski definition) is 2. The first-order valence-corrected chi connectivity index (χ1v) is 9.70. The van der Waals surface area contributed by atoms with Crippen molar-refractivity contribution in [1.29, 1.82) is 0 Å². The summed E-state index contributed by atoms with van der Waals surface area (Å²) in [5.74, 6) is 0.0441. The Labute approximate surface area is 152 Å². The van der Waals surface area contributed by atoms with E-state index in [1.165, 1.54) is 6.07 Å². The van der Waals surface area contributed by atoms with Crippen molar-refractivity contribution in [2.24, 2.45) is 0 Å². The summed E-state index contributed by atoms with van der Waals surface area (Å²) in [5, 5.41) is 2.36. The van der Waals surface area contributed by atoms with Crippen molar-refractivity contribution >= 4 is 22.0 Å². The minimum Gasteiger partial charge on any atom is -0.373 e. The van der Waals surface area contributed by atoms with Crippen LogP contribution in [0.15, 0.2) is 35.2 Å².